The van der Waals surface area contributed by atoms with Crippen molar-refractivity contribution in [1.82, 2.24) is 4.57 Å². The fourth-order valence-electron chi connectivity index (χ4n) is 10.5. The molecule has 0 radical (unpaired) electrons. The summed E-state index contributed by atoms with van der Waals surface area (Å²) >= 11 is 1.94. The standard InChI is InChI=1S/C56H33NOS/c1-2-12-38-32(9-1)10-7-15-39(38)36-23-26-52-45(29-36)44-28-35(22-25-51(44)58-52)34-21-24-49-43(27-34)40-13-3-5-17-48(40)57(49)50-31-47-55-37(20-19-33-11-8-16-42(50)54(33)55)30-46-41-14-4-6-18-53(41)59-56(46)47/h1-10,12-19,21-31H,11,20H2. The van der Waals surface area contributed by atoms with Gasteiger partial charge in [-0.15, -0.1) is 11.3 Å². The molecule has 0 bridgehead atoms. The summed E-state index contributed by atoms with van der Waals surface area (Å²) in [6.07, 6.45) is 9.19. The van der Waals surface area contributed by atoms with Gasteiger partial charge in [-0.25, -0.2) is 0 Å². The average Bonchev–Trinajstić information content (AvgIpc) is 3.96. The van der Waals surface area contributed by atoms with Crippen molar-refractivity contribution in [2.24, 2.45) is 0 Å². The first-order valence-electron chi connectivity index (χ1n) is 20.5. The first-order valence-corrected chi connectivity index (χ1v) is 21.3. The third-order valence-corrected chi connectivity index (χ3v) is 14.4. The molecule has 0 spiro atoms. The van der Waals surface area contributed by atoms with Crippen LogP contribution in [0.2, 0.25) is 0 Å². The SMILES string of the molecule is C1=Cc2c(-n3c4ccccc4c4cc(-c5ccc6oc7ccc(-c8cccc9ccccc89)cc7c6c5)ccc43)cc3c4c(cc5c6ccccc6sc35)CC=C(C1)c24. The Bertz CT molecular complexity index is 3900. The van der Waals surface area contributed by atoms with Crippen molar-refractivity contribution in [3.63, 3.8) is 0 Å². The number of furan rings is 1. The van der Waals surface area contributed by atoms with Gasteiger partial charge in [-0.05, 0) is 129 Å². The summed E-state index contributed by atoms with van der Waals surface area (Å²) in [5.74, 6) is 0. The third-order valence-electron chi connectivity index (χ3n) is 13.2. The van der Waals surface area contributed by atoms with E-state index in [1.54, 1.807) is 0 Å². The van der Waals surface area contributed by atoms with Crippen LogP contribution in [0.25, 0.3) is 125 Å². The lowest BCUT2D eigenvalue weighted by Crippen LogP contribution is -2.08. The average molecular weight is 768 g/mol. The van der Waals surface area contributed by atoms with Gasteiger partial charge >= 0.3 is 0 Å². The van der Waals surface area contributed by atoms with Crippen LogP contribution in [0.1, 0.15) is 23.1 Å². The normalized spacial score (nSPS) is 13.7. The molecule has 3 heterocycles. The highest BCUT2D eigenvalue weighted by Gasteiger charge is 2.27. The first kappa shape index (κ1) is 31.8. The van der Waals surface area contributed by atoms with E-state index >= 15 is 0 Å². The van der Waals surface area contributed by atoms with Gasteiger partial charge in [0.1, 0.15) is 11.2 Å². The molecule has 0 saturated carbocycles. The Morgan fingerprint density at radius 2 is 1.22 bits per heavy atom. The van der Waals surface area contributed by atoms with Crippen LogP contribution in [0, 0.1) is 0 Å². The smallest absolute Gasteiger partial charge is 0.135 e. The number of thiophene rings is 1. The van der Waals surface area contributed by atoms with Gasteiger partial charge in [0.15, 0.2) is 0 Å². The summed E-state index contributed by atoms with van der Waals surface area (Å²) in [5, 5.41) is 12.8. The van der Waals surface area contributed by atoms with Crippen LogP contribution in [-0.2, 0) is 6.42 Å². The van der Waals surface area contributed by atoms with E-state index in [0.29, 0.717) is 0 Å². The molecule has 0 unspecified atom stereocenters. The van der Waals surface area contributed by atoms with Crippen LogP contribution in [0.4, 0.5) is 0 Å². The Balaban J connectivity index is 0.979. The Labute approximate surface area is 343 Å². The molecule has 14 rings (SSSR count). The molecule has 0 N–H and O–H groups in total. The van der Waals surface area contributed by atoms with Crippen molar-refractivity contribution < 1.29 is 4.42 Å². The van der Waals surface area contributed by atoms with E-state index in [-0.39, 0.29) is 0 Å². The lowest BCUT2D eigenvalue weighted by atomic mass is 9.80. The minimum Gasteiger partial charge on any atom is -0.456 e. The van der Waals surface area contributed by atoms with Crippen LogP contribution in [0.15, 0.2) is 174 Å². The van der Waals surface area contributed by atoms with Crippen molar-refractivity contribution in [3.8, 4) is 27.9 Å². The topological polar surface area (TPSA) is 18.1 Å². The molecule has 2 nitrogen and oxygen atoms in total. The number of hydrogen-bond donors (Lipinski definition) is 0. The quantitative estimate of drug-likeness (QED) is 0.175. The van der Waals surface area contributed by atoms with Crippen LogP contribution >= 0.6 is 11.3 Å². The summed E-state index contributed by atoms with van der Waals surface area (Å²) in [6, 6.07) is 58.4. The van der Waals surface area contributed by atoms with E-state index in [1.165, 1.54) is 114 Å². The zero-order chi connectivity index (χ0) is 38.3. The lowest BCUT2D eigenvalue weighted by Gasteiger charge is -2.26. The zero-order valence-corrected chi connectivity index (χ0v) is 32.7. The second-order valence-electron chi connectivity index (χ2n) is 16.3. The van der Waals surface area contributed by atoms with Crippen LogP contribution in [-0.4, -0.2) is 4.57 Å². The highest BCUT2D eigenvalue weighted by molar-refractivity contribution is 7.26. The minimum absolute atomic E-state index is 0.906. The Morgan fingerprint density at radius 3 is 2.12 bits per heavy atom. The van der Waals surface area contributed by atoms with E-state index in [1.807, 2.05) is 11.3 Å². The number of rotatable bonds is 3. The first-order chi connectivity index (χ1) is 29.2. The maximum atomic E-state index is 6.43. The van der Waals surface area contributed by atoms with Crippen molar-refractivity contribution in [1.29, 1.82) is 0 Å². The van der Waals surface area contributed by atoms with Crippen LogP contribution in [0.5, 0.6) is 0 Å². The van der Waals surface area contributed by atoms with Crippen molar-refractivity contribution in [3.05, 3.63) is 187 Å². The van der Waals surface area contributed by atoms with Gasteiger partial charge in [0.2, 0.25) is 0 Å². The Kier molecular flexibility index (Phi) is 6.31. The molecule has 12 aromatic rings. The molecule has 3 heteroatoms. The largest absolute Gasteiger partial charge is 0.456 e. The lowest BCUT2D eigenvalue weighted by molar-refractivity contribution is 0.669. The van der Waals surface area contributed by atoms with Crippen molar-refractivity contribution in [2.75, 3.05) is 0 Å². The van der Waals surface area contributed by atoms with E-state index in [9.17, 15) is 0 Å². The molecule has 2 aliphatic rings. The van der Waals surface area contributed by atoms with Gasteiger partial charge in [-0.2, -0.15) is 0 Å². The number of aromatic nitrogens is 1. The van der Waals surface area contributed by atoms with E-state index in [2.05, 4.69) is 181 Å². The number of hydrogen-bond acceptors (Lipinski definition) is 2. The highest BCUT2D eigenvalue weighted by Crippen LogP contribution is 2.49. The Hall–Kier alpha value is -7.20. The van der Waals surface area contributed by atoms with Gasteiger partial charge in [0.05, 0.1) is 16.7 Å². The number of nitrogens with zero attached hydrogens (tertiary/aromatic N) is 1. The van der Waals surface area contributed by atoms with E-state index in [0.717, 1.165) is 34.8 Å². The van der Waals surface area contributed by atoms with Gasteiger partial charge in [-0.3, -0.25) is 0 Å². The van der Waals surface area contributed by atoms with E-state index in [4.69, 9.17) is 4.42 Å². The summed E-state index contributed by atoms with van der Waals surface area (Å²) in [4.78, 5) is 0. The van der Waals surface area contributed by atoms with Crippen molar-refractivity contribution in [2.45, 2.75) is 12.8 Å². The van der Waals surface area contributed by atoms with Crippen LogP contribution in [0.3, 0.4) is 0 Å². The predicted octanol–water partition coefficient (Wildman–Crippen LogP) is 16.0. The highest BCUT2D eigenvalue weighted by atomic mass is 32.1. The number of benzene rings is 9. The van der Waals surface area contributed by atoms with Gasteiger partial charge in [0.25, 0.3) is 0 Å². The Morgan fingerprint density at radius 1 is 0.508 bits per heavy atom. The molecular formula is C56H33NOS. The molecule has 0 saturated heterocycles. The molecule has 2 aliphatic carbocycles. The molecule has 3 aromatic heterocycles. The maximum Gasteiger partial charge on any atom is 0.135 e. The monoisotopic (exact) mass is 767 g/mol. The van der Waals surface area contributed by atoms with E-state index < -0.39 is 0 Å². The summed E-state index contributed by atoms with van der Waals surface area (Å²) in [5.41, 5.74) is 16.0. The maximum absolute atomic E-state index is 6.43. The molecular weight excluding hydrogens is 735 g/mol. The summed E-state index contributed by atoms with van der Waals surface area (Å²) in [7, 11) is 0. The molecule has 9 aromatic carbocycles. The molecule has 0 amide bonds. The van der Waals surface area contributed by atoms with Gasteiger partial charge < -0.3 is 8.98 Å². The van der Waals surface area contributed by atoms with Gasteiger partial charge in [0, 0.05) is 52.7 Å². The molecule has 274 valence electrons. The fourth-order valence-corrected chi connectivity index (χ4v) is 11.7. The predicted molar refractivity (Wildman–Crippen MR) is 252 cm³/mol. The number of fused-ring (bicyclic) bond motifs is 11. The summed E-state index contributed by atoms with van der Waals surface area (Å²) in [6.45, 7) is 0. The molecule has 59 heavy (non-hydrogen) atoms. The van der Waals surface area contributed by atoms with Gasteiger partial charge in [-0.1, -0.05) is 115 Å². The van der Waals surface area contributed by atoms with Crippen LogP contribution < -0.4 is 0 Å². The third kappa shape index (κ3) is 4.40. The fraction of sp³-hybridized carbons (Fsp3) is 0.0357. The van der Waals surface area contributed by atoms with Crippen molar-refractivity contribution >= 4 is 108 Å². The number of para-hydroxylation sites is 1. The second kappa shape index (κ2) is 11.7. The number of allylic oxidation sites excluding steroid dienone is 3. The molecule has 0 aliphatic heterocycles. The minimum atomic E-state index is 0.906. The zero-order valence-electron chi connectivity index (χ0n) is 31.9. The molecule has 0 fully saturated rings. The second-order valence-corrected chi connectivity index (χ2v) is 17.3. The molecule has 0 atom stereocenters. The summed E-state index contributed by atoms with van der Waals surface area (Å²) < 4.78 is 11.7.